The summed E-state index contributed by atoms with van der Waals surface area (Å²) in [4.78, 5) is 4.92. The van der Waals surface area contributed by atoms with Crippen molar-refractivity contribution >= 4 is 55.7 Å². The normalized spacial score (nSPS) is 11.8. The van der Waals surface area contributed by atoms with Crippen LogP contribution in [-0.4, -0.2) is 0 Å². The molecule has 9 aromatic rings. The molecule has 0 unspecified atom stereocenters. The summed E-state index contributed by atoms with van der Waals surface area (Å²) in [5.41, 5.74) is 14.1. The van der Waals surface area contributed by atoms with Crippen LogP contribution in [0.2, 0.25) is 0 Å². The van der Waals surface area contributed by atoms with E-state index in [1.54, 1.807) is 0 Å². The van der Waals surface area contributed by atoms with Crippen molar-refractivity contribution in [2.24, 2.45) is 0 Å². The third kappa shape index (κ3) is 7.03. The zero-order valence-corrected chi connectivity index (χ0v) is 35.5. The molecule has 9 aromatic carbocycles. The van der Waals surface area contributed by atoms with Crippen molar-refractivity contribution in [2.45, 2.75) is 52.4 Å². The van der Waals surface area contributed by atoms with Gasteiger partial charge < -0.3 is 9.80 Å². The Labute approximate surface area is 356 Å². The summed E-state index contributed by atoms with van der Waals surface area (Å²) >= 11 is 0. The number of anilines is 6. The lowest BCUT2D eigenvalue weighted by Crippen LogP contribution is -2.19. The molecule has 60 heavy (non-hydrogen) atoms. The number of aryl methyl sites for hydroxylation is 2. The molecule has 0 spiro atoms. The molecule has 2 nitrogen and oxygen atoms in total. The van der Waals surface area contributed by atoms with Gasteiger partial charge in [0.2, 0.25) is 0 Å². The quantitative estimate of drug-likeness (QED) is 0.101. The first-order valence-electron chi connectivity index (χ1n) is 21.1. The van der Waals surface area contributed by atoms with E-state index in [0.717, 1.165) is 34.1 Å². The average molecular weight is 777 g/mol. The molecule has 2 heteroatoms. The lowest BCUT2D eigenvalue weighted by Gasteiger charge is -2.33. The molecule has 9 rings (SSSR count). The Balaban J connectivity index is 1.26. The van der Waals surface area contributed by atoms with E-state index in [-0.39, 0.29) is 10.8 Å². The van der Waals surface area contributed by atoms with Gasteiger partial charge in [0.05, 0.1) is 11.4 Å². The molecule has 0 atom stereocenters. The van der Waals surface area contributed by atoms with Crippen LogP contribution in [0, 0.1) is 13.8 Å². The number of fused-ring (bicyclic) bond motifs is 2. The molecule has 0 amide bonds. The monoisotopic (exact) mass is 776 g/mol. The van der Waals surface area contributed by atoms with Crippen LogP contribution in [0.15, 0.2) is 206 Å². The molecule has 0 saturated carbocycles. The molecule has 0 aromatic heterocycles. The molecule has 294 valence electrons. The minimum Gasteiger partial charge on any atom is -0.309 e. The summed E-state index contributed by atoms with van der Waals surface area (Å²) in [6, 6.07) is 75.9. The molecule has 0 fully saturated rings. The Morgan fingerprint density at radius 1 is 0.267 bits per heavy atom. The first kappa shape index (κ1) is 38.6. The molecule has 0 bridgehead atoms. The van der Waals surface area contributed by atoms with Crippen molar-refractivity contribution in [3.63, 3.8) is 0 Å². The van der Waals surface area contributed by atoms with Gasteiger partial charge in [-0.15, -0.1) is 0 Å². The highest BCUT2D eigenvalue weighted by molar-refractivity contribution is 6.23. The van der Waals surface area contributed by atoms with Crippen LogP contribution < -0.4 is 9.80 Å². The van der Waals surface area contributed by atoms with Gasteiger partial charge in [0.15, 0.2) is 0 Å². The molecule has 0 heterocycles. The zero-order valence-electron chi connectivity index (χ0n) is 35.5. The van der Waals surface area contributed by atoms with Crippen molar-refractivity contribution in [1.29, 1.82) is 0 Å². The van der Waals surface area contributed by atoms with Crippen LogP contribution in [0.25, 0.3) is 21.5 Å². The van der Waals surface area contributed by atoms with Gasteiger partial charge in [-0.2, -0.15) is 0 Å². The van der Waals surface area contributed by atoms with E-state index in [1.165, 1.54) is 54.9 Å². The highest BCUT2D eigenvalue weighted by atomic mass is 15.2. The minimum atomic E-state index is -0.148. The van der Waals surface area contributed by atoms with Crippen LogP contribution in [0.4, 0.5) is 34.1 Å². The topological polar surface area (TPSA) is 6.48 Å². The second kappa shape index (κ2) is 15.7. The number of hydrogen-bond donors (Lipinski definition) is 0. The fourth-order valence-corrected chi connectivity index (χ4v) is 8.86. The highest BCUT2D eigenvalue weighted by Gasteiger charge is 2.28. The minimum absolute atomic E-state index is 0.148. The van der Waals surface area contributed by atoms with E-state index in [9.17, 15) is 0 Å². The molecule has 0 saturated heterocycles. The van der Waals surface area contributed by atoms with Gasteiger partial charge in [0.1, 0.15) is 0 Å². The molecule has 0 N–H and O–H groups in total. The predicted octanol–water partition coefficient (Wildman–Crippen LogP) is 16.2. The van der Waals surface area contributed by atoms with Crippen molar-refractivity contribution in [2.75, 3.05) is 9.80 Å². The molecule has 0 radical (unpaired) electrons. The van der Waals surface area contributed by atoms with E-state index >= 15 is 0 Å². The van der Waals surface area contributed by atoms with E-state index in [4.69, 9.17) is 0 Å². The molecule has 0 aliphatic carbocycles. The zero-order chi connectivity index (χ0) is 41.4. The van der Waals surface area contributed by atoms with Gasteiger partial charge in [-0.3, -0.25) is 0 Å². The smallest absolute Gasteiger partial charge is 0.0619 e. The summed E-state index contributed by atoms with van der Waals surface area (Å²) < 4.78 is 0. The van der Waals surface area contributed by atoms with E-state index in [2.05, 4.69) is 258 Å². The SMILES string of the molecule is Cc1ccc(N(c2ccc(C(C)(C)c3ccccc3)cc2)c2c3ccccc3c(N(c3ccc(C)cc3)c3ccc(C(C)(C)c4ccccc4)cc3)c3ccccc23)cc1. The standard InChI is InChI=1S/C58H52N2/c1-41-25-33-47(34-26-41)59(49-37-29-45(30-38-49)57(3,4)43-17-9-7-10-18-43)55-51-21-13-15-23-53(51)56(54-24-16-14-22-52(54)55)60(48-35-27-42(2)28-36-48)50-39-31-46(32-40-50)58(5,6)44-19-11-8-12-20-44/h7-40H,1-6H3. The van der Waals surface area contributed by atoms with Crippen molar-refractivity contribution in [3.05, 3.63) is 240 Å². The summed E-state index contributed by atoms with van der Waals surface area (Å²) in [5.74, 6) is 0. The second-order valence-electron chi connectivity index (χ2n) is 17.2. The van der Waals surface area contributed by atoms with Gasteiger partial charge in [-0.1, -0.05) is 197 Å². The van der Waals surface area contributed by atoms with Crippen molar-refractivity contribution < 1.29 is 0 Å². The van der Waals surface area contributed by atoms with Crippen molar-refractivity contribution in [1.82, 2.24) is 0 Å². The van der Waals surface area contributed by atoms with E-state index < -0.39 is 0 Å². The van der Waals surface area contributed by atoms with Crippen LogP contribution in [0.5, 0.6) is 0 Å². The largest absolute Gasteiger partial charge is 0.309 e. The number of rotatable bonds is 10. The molecule has 0 aliphatic heterocycles. The maximum absolute atomic E-state index is 2.46. The van der Waals surface area contributed by atoms with Gasteiger partial charge >= 0.3 is 0 Å². The summed E-state index contributed by atoms with van der Waals surface area (Å²) in [7, 11) is 0. The van der Waals surface area contributed by atoms with Crippen molar-refractivity contribution in [3.8, 4) is 0 Å². The Bertz CT molecular complexity index is 2630. The predicted molar refractivity (Wildman–Crippen MR) is 257 cm³/mol. The highest BCUT2D eigenvalue weighted by Crippen LogP contribution is 2.51. The Morgan fingerprint density at radius 3 is 0.783 bits per heavy atom. The third-order valence-corrected chi connectivity index (χ3v) is 12.6. The molecule has 0 aliphatic rings. The van der Waals surface area contributed by atoms with Crippen LogP contribution >= 0.6 is 0 Å². The Hall–Kier alpha value is -6.90. The van der Waals surface area contributed by atoms with E-state index in [1.807, 2.05) is 0 Å². The lowest BCUT2D eigenvalue weighted by molar-refractivity contribution is 0.641. The fourth-order valence-electron chi connectivity index (χ4n) is 8.86. The molecular formula is C58H52N2. The van der Waals surface area contributed by atoms with Gasteiger partial charge in [0, 0.05) is 55.1 Å². The maximum atomic E-state index is 2.46. The first-order valence-corrected chi connectivity index (χ1v) is 21.1. The maximum Gasteiger partial charge on any atom is 0.0619 e. The third-order valence-electron chi connectivity index (χ3n) is 12.6. The summed E-state index contributed by atoms with van der Waals surface area (Å²) in [6.45, 7) is 13.6. The van der Waals surface area contributed by atoms with Crippen LogP contribution in [0.1, 0.15) is 61.1 Å². The Morgan fingerprint density at radius 2 is 0.500 bits per heavy atom. The number of hydrogen-bond acceptors (Lipinski definition) is 2. The van der Waals surface area contributed by atoms with Crippen LogP contribution in [-0.2, 0) is 10.8 Å². The van der Waals surface area contributed by atoms with Gasteiger partial charge in [-0.05, 0) is 84.6 Å². The fraction of sp³-hybridized carbons (Fsp3) is 0.138. The molecular weight excluding hydrogens is 725 g/mol. The summed E-state index contributed by atoms with van der Waals surface area (Å²) in [6.07, 6.45) is 0. The van der Waals surface area contributed by atoms with E-state index in [0.29, 0.717) is 0 Å². The average Bonchev–Trinajstić information content (AvgIpc) is 3.29. The second-order valence-corrected chi connectivity index (χ2v) is 17.2. The number of benzene rings is 9. The lowest BCUT2D eigenvalue weighted by atomic mass is 9.78. The van der Waals surface area contributed by atoms with Crippen LogP contribution in [0.3, 0.4) is 0 Å². The van der Waals surface area contributed by atoms with Gasteiger partial charge in [-0.25, -0.2) is 0 Å². The first-order chi connectivity index (χ1) is 29.1. The number of nitrogens with zero attached hydrogens (tertiary/aromatic N) is 2. The Kier molecular flexibility index (Phi) is 10.1. The van der Waals surface area contributed by atoms with Gasteiger partial charge in [0.25, 0.3) is 0 Å². The summed E-state index contributed by atoms with van der Waals surface area (Å²) in [5, 5.41) is 4.72.